The Hall–Kier alpha value is -0.890. The summed E-state index contributed by atoms with van der Waals surface area (Å²) < 4.78 is 0. The van der Waals surface area contributed by atoms with E-state index in [1.165, 1.54) is 5.57 Å². The van der Waals surface area contributed by atoms with Gasteiger partial charge in [-0.3, -0.25) is 4.79 Å². The quantitative estimate of drug-likeness (QED) is 0.567. The van der Waals surface area contributed by atoms with Gasteiger partial charge in [0, 0.05) is 0 Å². The molecule has 0 unspecified atom stereocenters. The van der Waals surface area contributed by atoms with Gasteiger partial charge in [0.2, 0.25) is 0 Å². The smallest absolute Gasteiger partial charge is 0.181 e. The van der Waals surface area contributed by atoms with E-state index in [0.717, 1.165) is 31.5 Å². The summed E-state index contributed by atoms with van der Waals surface area (Å²) in [6, 6.07) is 0. The van der Waals surface area contributed by atoms with E-state index in [0.29, 0.717) is 0 Å². The van der Waals surface area contributed by atoms with Gasteiger partial charge in [0.25, 0.3) is 0 Å². The van der Waals surface area contributed by atoms with E-state index < -0.39 is 0 Å². The van der Waals surface area contributed by atoms with E-state index in [-0.39, 0.29) is 11.2 Å². The molecule has 1 aliphatic rings. The molecule has 1 rings (SSSR count). The molecule has 0 aliphatic heterocycles. The molecule has 1 aliphatic carbocycles. The monoisotopic (exact) mass is 207 g/mol. The second-order valence-electron chi connectivity index (χ2n) is 4.80. The summed E-state index contributed by atoms with van der Waals surface area (Å²) >= 11 is 0. The molecule has 0 radical (unpaired) electrons. The molecule has 0 saturated heterocycles. The number of hydrogen-bond donors (Lipinski definition) is 1. The van der Waals surface area contributed by atoms with E-state index in [9.17, 15) is 4.79 Å². The van der Waals surface area contributed by atoms with E-state index in [4.69, 9.17) is 0 Å². The SMILES string of the molecule is C=C1CC(C)(C)C(CCNCC)=CC1=O. The Labute approximate surface area is 92.4 Å². The molecule has 0 fully saturated rings. The minimum Gasteiger partial charge on any atom is -0.317 e. The lowest BCUT2D eigenvalue weighted by Crippen LogP contribution is -2.26. The first-order valence-corrected chi connectivity index (χ1v) is 5.61. The van der Waals surface area contributed by atoms with Crippen molar-refractivity contribution < 1.29 is 4.79 Å². The van der Waals surface area contributed by atoms with Crippen LogP contribution in [0.2, 0.25) is 0 Å². The van der Waals surface area contributed by atoms with Crippen LogP contribution < -0.4 is 5.32 Å². The first-order chi connectivity index (χ1) is 6.97. The van der Waals surface area contributed by atoms with Crippen LogP contribution in [0.4, 0.5) is 0 Å². The summed E-state index contributed by atoms with van der Waals surface area (Å²) in [7, 11) is 0. The standard InChI is InChI=1S/C13H21NO/c1-5-14-7-6-11-8-12(15)10(2)9-13(11,3)4/h8,14H,2,5-7,9H2,1,3-4H3. The summed E-state index contributed by atoms with van der Waals surface area (Å²) in [6.45, 7) is 12.2. The molecule has 0 aromatic heterocycles. The van der Waals surface area contributed by atoms with E-state index >= 15 is 0 Å². The molecular formula is C13H21NO. The summed E-state index contributed by atoms with van der Waals surface area (Å²) in [4.78, 5) is 11.5. The van der Waals surface area contributed by atoms with Crippen LogP contribution in [0, 0.1) is 5.41 Å². The number of allylic oxidation sites excluding steroid dienone is 2. The predicted octanol–water partition coefficient (Wildman–Crippen LogP) is 2.47. The molecule has 0 aromatic carbocycles. The molecule has 0 atom stereocenters. The van der Waals surface area contributed by atoms with Gasteiger partial charge in [-0.2, -0.15) is 0 Å². The normalized spacial score (nSPS) is 20.3. The Bertz CT molecular complexity index is 300. The van der Waals surface area contributed by atoms with Crippen molar-refractivity contribution in [3.8, 4) is 0 Å². The molecule has 0 bridgehead atoms. The van der Waals surface area contributed by atoms with Crippen molar-refractivity contribution in [2.75, 3.05) is 13.1 Å². The second kappa shape index (κ2) is 4.75. The maximum Gasteiger partial charge on any atom is 0.181 e. The van der Waals surface area contributed by atoms with Gasteiger partial charge in [0.05, 0.1) is 0 Å². The minimum atomic E-state index is 0.0976. The number of nitrogens with one attached hydrogen (secondary N) is 1. The lowest BCUT2D eigenvalue weighted by molar-refractivity contribution is -0.112. The summed E-state index contributed by atoms with van der Waals surface area (Å²) in [6.07, 6.45) is 3.53. The van der Waals surface area contributed by atoms with Crippen molar-refractivity contribution in [3.05, 3.63) is 23.8 Å². The minimum absolute atomic E-state index is 0.0976. The summed E-state index contributed by atoms with van der Waals surface area (Å²) in [5, 5.41) is 3.28. The van der Waals surface area contributed by atoms with Crippen LogP contribution in [0.25, 0.3) is 0 Å². The van der Waals surface area contributed by atoms with Crippen LogP contribution in [0.15, 0.2) is 23.8 Å². The summed E-state index contributed by atoms with van der Waals surface area (Å²) in [5.74, 6) is 0.112. The first-order valence-electron chi connectivity index (χ1n) is 5.61. The average Bonchev–Trinajstić information content (AvgIpc) is 2.13. The lowest BCUT2D eigenvalue weighted by atomic mass is 9.72. The molecule has 84 valence electrons. The molecule has 0 spiro atoms. The average molecular weight is 207 g/mol. The predicted molar refractivity (Wildman–Crippen MR) is 63.8 cm³/mol. The van der Waals surface area contributed by atoms with Crippen molar-refractivity contribution in [2.24, 2.45) is 5.41 Å². The largest absolute Gasteiger partial charge is 0.317 e. The molecule has 0 saturated carbocycles. The van der Waals surface area contributed by atoms with Crippen LogP contribution in [-0.2, 0) is 4.79 Å². The highest BCUT2D eigenvalue weighted by Gasteiger charge is 2.30. The maximum absolute atomic E-state index is 11.5. The van der Waals surface area contributed by atoms with Gasteiger partial charge in [-0.1, -0.05) is 32.9 Å². The Morgan fingerprint density at radius 2 is 2.20 bits per heavy atom. The van der Waals surface area contributed by atoms with E-state index in [1.807, 2.05) is 0 Å². The molecule has 15 heavy (non-hydrogen) atoms. The van der Waals surface area contributed by atoms with Crippen molar-refractivity contribution in [1.29, 1.82) is 0 Å². The first kappa shape index (κ1) is 12.2. The third kappa shape index (κ3) is 3.03. The van der Waals surface area contributed by atoms with Crippen LogP contribution in [-0.4, -0.2) is 18.9 Å². The highest BCUT2D eigenvalue weighted by atomic mass is 16.1. The third-order valence-electron chi connectivity index (χ3n) is 3.00. The van der Waals surface area contributed by atoms with Crippen molar-refractivity contribution in [2.45, 2.75) is 33.6 Å². The molecule has 0 heterocycles. The fourth-order valence-electron chi connectivity index (χ4n) is 2.00. The van der Waals surface area contributed by atoms with Crippen LogP contribution in [0.5, 0.6) is 0 Å². The van der Waals surface area contributed by atoms with Gasteiger partial charge in [0.15, 0.2) is 5.78 Å². The zero-order valence-corrected chi connectivity index (χ0v) is 10.0. The maximum atomic E-state index is 11.5. The fraction of sp³-hybridized carbons (Fsp3) is 0.615. The van der Waals surface area contributed by atoms with E-state index in [1.54, 1.807) is 6.08 Å². The fourth-order valence-corrected chi connectivity index (χ4v) is 2.00. The molecule has 2 nitrogen and oxygen atoms in total. The van der Waals surface area contributed by atoms with Gasteiger partial charge >= 0.3 is 0 Å². The Kier molecular flexibility index (Phi) is 3.86. The third-order valence-corrected chi connectivity index (χ3v) is 3.00. The van der Waals surface area contributed by atoms with Crippen molar-refractivity contribution in [3.63, 3.8) is 0 Å². The van der Waals surface area contributed by atoms with Gasteiger partial charge in [-0.05, 0) is 43.0 Å². The highest BCUT2D eigenvalue weighted by molar-refractivity contribution is 6.05. The van der Waals surface area contributed by atoms with Gasteiger partial charge < -0.3 is 5.32 Å². The Morgan fingerprint density at radius 1 is 1.53 bits per heavy atom. The zero-order valence-electron chi connectivity index (χ0n) is 10.0. The number of carbonyl (C=O) groups is 1. The van der Waals surface area contributed by atoms with Gasteiger partial charge in [-0.15, -0.1) is 0 Å². The summed E-state index contributed by atoms with van der Waals surface area (Å²) in [5.41, 5.74) is 2.09. The number of hydrogen-bond acceptors (Lipinski definition) is 2. The number of rotatable bonds is 4. The van der Waals surface area contributed by atoms with Gasteiger partial charge in [-0.25, -0.2) is 0 Å². The Morgan fingerprint density at radius 3 is 2.80 bits per heavy atom. The highest BCUT2D eigenvalue weighted by Crippen LogP contribution is 2.38. The Balaban J connectivity index is 2.71. The number of carbonyl (C=O) groups excluding carboxylic acids is 1. The molecule has 2 heteroatoms. The van der Waals surface area contributed by atoms with Crippen LogP contribution in [0.3, 0.4) is 0 Å². The second-order valence-corrected chi connectivity index (χ2v) is 4.80. The van der Waals surface area contributed by atoms with E-state index in [2.05, 4.69) is 32.7 Å². The molecule has 0 aromatic rings. The number of ketones is 1. The lowest BCUT2D eigenvalue weighted by Gasteiger charge is -2.32. The van der Waals surface area contributed by atoms with Gasteiger partial charge in [0.1, 0.15) is 0 Å². The molecular weight excluding hydrogens is 186 g/mol. The molecule has 1 N–H and O–H groups in total. The van der Waals surface area contributed by atoms with Crippen LogP contribution >= 0.6 is 0 Å². The molecule has 0 amide bonds. The van der Waals surface area contributed by atoms with Crippen molar-refractivity contribution in [1.82, 2.24) is 5.32 Å². The zero-order chi connectivity index (χ0) is 11.5. The van der Waals surface area contributed by atoms with Crippen molar-refractivity contribution >= 4 is 5.78 Å². The topological polar surface area (TPSA) is 29.1 Å². The van der Waals surface area contributed by atoms with Crippen LogP contribution in [0.1, 0.15) is 33.6 Å².